The van der Waals surface area contributed by atoms with Gasteiger partial charge >= 0.3 is 7.12 Å². The standard InChI is InChI=1S/C30H30BNO3/c1-29(2,33)30(3,4)35-31(34)23-16-18-28-26(20-23)25-19-22(21-11-7-5-8-12-21)15-17-27(25)32(28)24-13-9-6-10-14-24/h5-20,33-34H,1-4H3. The number of para-hydroxylation sites is 1. The number of aliphatic hydroxyl groups is 1. The predicted octanol–water partition coefficient (Wildman–Crippen LogP) is 5.70. The van der Waals surface area contributed by atoms with Gasteiger partial charge in [0.15, 0.2) is 0 Å². The normalized spacial score (nSPS) is 12.4. The Hall–Kier alpha value is -3.38. The Morgan fingerprint density at radius 1 is 0.686 bits per heavy atom. The topological polar surface area (TPSA) is 54.6 Å². The van der Waals surface area contributed by atoms with Gasteiger partial charge in [0.25, 0.3) is 0 Å². The Bertz CT molecular complexity index is 1480. The van der Waals surface area contributed by atoms with Crippen LogP contribution in [0.1, 0.15) is 27.7 Å². The Labute approximate surface area is 206 Å². The molecule has 0 aliphatic carbocycles. The van der Waals surface area contributed by atoms with Gasteiger partial charge in [0.05, 0.1) is 22.2 Å². The fourth-order valence-corrected chi connectivity index (χ4v) is 4.35. The highest BCUT2D eigenvalue weighted by molar-refractivity contribution is 6.60. The number of benzene rings is 4. The zero-order chi connectivity index (χ0) is 24.8. The van der Waals surface area contributed by atoms with Crippen LogP contribution in [0.3, 0.4) is 0 Å². The fraction of sp³-hybridized carbons (Fsp3) is 0.200. The third-order valence-electron chi connectivity index (χ3n) is 7.08. The monoisotopic (exact) mass is 463 g/mol. The van der Waals surface area contributed by atoms with Crippen molar-refractivity contribution in [3.05, 3.63) is 97.1 Å². The molecule has 5 heteroatoms. The van der Waals surface area contributed by atoms with Gasteiger partial charge in [0, 0.05) is 16.5 Å². The van der Waals surface area contributed by atoms with Crippen molar-refractivity contribution in [2.24, 2.45) is 0 Å². The zero-order valence-electron chi connectivity index (χ0n) is 20.6. The van der Waals surface area contributed by atoms with Crippen molar-refractivity contribution in [1.82, 2.24) is 4.57 Å². The second kappa shape index (κ2) is 8.69. The zero-order valence-corrected chi connectivity index (χ0v) is 20.6. The molecule has 1 heterocycles. The number of aromatic nitrogens is 1. The number of rotatable bonds is 6. The van der Waals surface area contributed by atoms with Crippen LogP contribution >= 0.6 is 0 Å². The summed E-state index contributed by atoms with van der Waals surface area (Å²) in [5.41, 5.74) is 4.09. The van der Waals surface area contributed by atoms with E-state index < -0.39 is 18.3 Å². The van der Waals surface area contributed by atoms with Gasteiger partial charge in [-0.3, -0.25) is 0 Å². The number of nitrogens with zero attached hydrogens (tertiary/aromatic N) is 1. The van der Waals surface area contributed by atoms with Crippen molar-refractivity contribution in [3.63, 3.8) is 0 Å². The van der Waals surface area contributed by atoms with E-state index in [1.165, 1.54) is 0 Å². The van der Waals surface area contributed by atoms with Crippen LogP contribution in [-0.2, 0) is 4.65 Å². The lowest BCUT2D eigenvalue weighted by Gasteiger charge is -2.38. The molecule has 0 atom stereocenters. The summed E-state index contributed by atoms with van der Waals surface area (Å²) < 4.78 is 8.18. The molecule has 176 valence electrons. The molecule has 0 aliphatic heterocycles. The van der Waals surface area contributed by atoms with Crippen LogP contribution in [-0.4, -0.2) is 33.0 Å². The Morgan fingerprint density at radius 2 is 1.26 bits per heavy atom. The van der Waals surface area contributed by atoms with Crippen molar-refractivity contribution in [3.8, 4) is 16.8 Å². The van der Waals surface area contributed by atoms with E-state index in [9.17, 15) is 10.1 Å². The maximum absolute atomic E-state index is 11.0. The van der Waals surface area contributed by atoms with E-state index in [-0.39, 0.29) is 0 Å². The third kappa shape index (κ3) is 4.27. The summed E-state index contributed by atoms with van der Waals surface area (Å²) in [5, 5.41) is 23.6. The highest BCUT2D eigenvalue weighted by Crippen LogP contribution is 2.35. The van der Waals surface area contributed by atoms with Gasteiger partial charge in [0.2, 0.25) is 0 Å². The maximum atomic E-state index is 11.0. The quantitative estimate of drug-likeness (QED) is 0.318. The summed E-state index contributed by atoms with van der Waals surface area (Å²) in [4.78, 5) is 0. The molecule has 0 radical (unpaired) electrons. The van der Waals surface area contributed by atoms with Crippen LogP contribution in [0.15, 0.2) is 97.1 Å². The van der Waals surface area contributed by atoms with Gasteiger partial charge in [-0.2, -0.15) is 0 Å². The molecule has 0 bridgehead atoms. The molecule has 0 fully saturated rings. The van der Waals surface area contributed by atoms with Crippen LogP contribution in [0, 0.1) is 0 Å². The van der Waals surface area contributed by atoms with E-state index in [4.69, 9.17) is 4.65 Å². The minimum Gasteiger partial charge on any atom is -0.423 e. The molecule has 0 saturated heterocycles. The molecule has 2 N–H and O–H groups in total. The van der Waals surface area contributed by atoms with E-state index in [2.05, 4.69) is 47.0 Å². The molecule has 4 nitrogen and oxygen atoms in total. The lowest BCUT2D eigenvalue weighted by molar-refractivity contribution is -0.0982. The summed E-state index contributed by atoms with van der Waals surface area (Å²) in [6.07, 6.45) is 0. The fourth-order valence-electron chi connectivity index (χ4n) is 4.35. The summed E-state index contributed by atoms with van der Waals surface area (Å²) in [7, 11) is -1.17. The molecule has 0 spiro atoms. The average molecular weight is 463 g/mol. The van der Waals surface area contributed by atoms with E-state index >= 15 is 0 Å². The van der Waals surface area contributed by atoms with Crippen molar-refractivity contribution in [1.29, 1.82) is 0 Å². The Morgan fingerprint density at radius 3 is 1.89 bits per heavy atom. The third-order valence-corrected chi connectivity index (χ3v) is 7.08. The smallest absolute Gasteiger partial charge is 0.423 e. The molecule has 4 aromatic carbocycles. The van der Waals surface area contributed by atoms with Gasteiger partial charge in [-0.05, 0) is 74.6 Å². The van der Waals surface area contributed by atoms with Crippen molar-refractivity contribution in [2.75, 3.05) is 0 Å². The summed E-state index contributed by atoms with van der Waals surface area (Å²) in [6.45, 7) is 6.92. The first kappa shape index (κ1) is 23.4. The largest absolute Gasteiger partial charge is 0.491 e. The molecular formula is C30H30BNO3. The second-order valence-corrected chi connectivity index (χ2v) is 10.1. The average Bonchev–Trinajstić information content (AvgIpc) is 3.17. The second-order valence-electron chi connectivity index (χ2n) is 10.1. The van der Waals surface area contributed by atoms with E-state index in [0.29, 0.717) is 5.46 Å². The summed E-state index contributed by atoms with van der Waals surface area (Å²) in [6, 6.07) is 33.1. The van der Waals surface area contributed by atoms with E-state index in [1.54, 1.807) is 27.7 Å². The highest BCUT2D eigenvalue weighted by Gasteiger charge is 2.39. The van der Waals surface area contributed by atoms with Crippen LogP contribution in [0.5, 0.6) is 0 Å². The summed E-state index contributed by atoms with van der Waals surface area (Å²) in [5.74, 6) is 0. The van der Waals surface area contributed by atoms with Crippen molar-refractivity contribution >= 4 is 34.4 Å². The lowest BCUT2D eigenvalue weighted by Crippen LogP contribution is -2.53. The van der Waals surface area contributed by atoms with Crippen LogP contribution in [0.25, 0.3) is 38.6 Å². The molecular weight excluding hydrogens is 433 g/mol. The van der Waals surface area contributed by atoms with E-state index in [1.807, 2.05) is 54.6 Å². The summed E-state index contributed by atoms with van der Waals surface area (Å²) >= 11 is 0. The van der Waals surface area contributed by atoms with Crippen LogP contribution in [0.4, 0.5) is 0 Å². The van der Waals surface area contributed by atoms with Crippen molar-refractivity contribution in [2.45, 2.75) is 38.9 Å². The van der Waals surface area contributed by atoms with Gasteiger partial charge in [-0.15, -0.1) is 0 Å². The molecule has 0 aliphatic rings. The predicted molar refractivity (Wildman–Crippen MR) is 145 cm³/mol. The molecule has 5 rings (SSSR count). The van der Waals surface area contributed by atoms with Crippen LogP contribution < -0.4 is 5.46 Å². The molecule has 5 aromatic rings. The Balaban J connectivity index is 1.70. The minimum absolute atomic E-state index is 0.645. The van der Waals surface area contributed by atoms with Gasteiger partial charge in [0.1, 0.15) is 0 Å². The Kier molecular flexibility index (Phi) is 5.80. The number of fused-ring (bicyclic) bond motifs is 3. The van der Waals surface area contributed by atoms with Gasteiger partial charge in [-0.25, -0.2) is 0 Å². The number of hydrogen-bond acceptors (Lipinski definition) is 3. The SMILES string of the molecule is CC(C)(O)C(C)(C)OB(O)c1ccc2c(c1)c1cc(-c3ccccc3)ccc1n2-c1ccccc1. The van der Waals surface area contributed by atoms with Gasteiger partial charge in [-0.1, -0.05) is 66.7 Å². The maximum Gasteiger partial charge on any atom is 0.491 e. The highest BCUT2D eigenvalue weighted by atomic mass is 16.5. The lowest BCUT2D eigenvalue weighted by atomic mass is 9.76. The molecule has 0 saturated carbocycles. The molecule has 0 unspecified atom stereocenters. The van der Waals surface area contributed by atoms with Crippen molar-refractivity contribution < 1.29 is 14.8 Å². The van der Waals surface area contributed by atoms with Gasteiger partial charge < -0.3 is 19.4 Å². The molecule has 1 aromatic heterocycles. The van der Waals surface area contributed by atoms with Crippen LogP contribution in [0.2, 0.25) is 0 Å². The van der Waals surface area contributed by atoms with E-state index in [0.717, 1.165) is 38.6 Å². The first-order chi connectivity index (χ1) is 16.7. The first-order valence-corrected chi connectivity index (χ1v) is 11.9. The number of hydrogen-bond donors (Lipinski definition) is 2. The minimum atomic E-state index is -1.17. The molecule has 35 heavy (non-hydrogen) atoms. The molecule has 0 amide bonds. The first-order valence-electron chi connectivity index (χ1n) is 11.9.